The average molecular weight is 210 g/mol. The fraction of sp³-hybridized carbons (Fsp3) is 0. The molecule has 3 N–H and O–H groups in total. The molecule has 0 aliphatic heterocycles. The Kier molecular flexibility index (Phi) is 5.20. The van der Waals surface area contributed by atoms with Gasteiger partial charge in [0.1, 0.15) is 0 Å². The summed E-state index contributed by atoms with van der Waals surface area (Å²) in [4.78, 5) is 21.6. The van der Waals surface area contributed by atoms with Gasteiger partial charge in [0.05, 0.1) is 0 Å². The molecule has 0 saturated heterocycles. The first-order valence-electron chi connectivity index (χ1n) is 0.783. The fourth-order valence-electron chi connectivity index (χ4n) is 0. The van der Waals surface area contributed by atoms with Crippen molar-refractivity contribution in [1.29, 1.82) is 0 Å². The van der Waals surface area contributed by atoms with Crippen LogP contribution in [0, 0.1) is 0 Å². The first-order chi connectivity index (χ1) is 2.00. The summed E-state index contributed by atoms with van der Waals surface area (Å²) in [7, 11) is -4.64. The van der Waals surface area contributed by atoms with Crippen LogP contribution in [0.4, 0.5) is 0 Å². The Morgan fingerprint density at radius 1 is 1.17 bits per heavy atom. The van der Waals surface area contributed by atoms with Crippen molar-refractivity contribution in [3.63, 3.8) is 0 Å². The molecule has 0 aliphatic carbocycles. The first-order valence-corrected chi connectivity index (χ1v) is 2.35. The van der Waals surface area contributed by atoms with Gasteiger partial charge in [-0.25, -0.2) is 4.57 Å². The number of rotatable bonds is 0. The predicted molar refractivity (Wildman–Crippen MR) is 14.3 cm³/mol. The standard InChI is InChI=1S/Cd.H3O4P/c;1-5(2,3)4/h;(H3,1,2,3,4). The van der Waals surface area contributed by atoms with Gasteiger partial charge in [0, 0.05) is 27.3 Å². The zero-order chi connectivity index (χ0) is 4.50. The summed E-state index contributed by atoms with van der Waals surface area (Å²) in [5.74, 6) is 0. The minimum Gasteiger partial charge on any atom is -0.303 e. The molecule has 0 unspecified atom stereocenters. The van der Waals surface area contributed by atoms with Gasteiger partial charge in [0.15, 0.2) is 0 Å². The molecule has 0 aromatic heterocycles. The van der Waals surface area contributed by atoms with Gasteiger partial charge in [0.2, 0.25) is 0 Å². The van der Waals surface area contributed by atoms with Gasteiger partial charge in [-0.2, -0.15) is 0 Å². The molecule has 0 aromatic rings. The molecular formula is H3CdO4P. The summed E-state index contributed by atoms with van der Waals surface area (Å²) in [6, 6.07) is 0. The van der Waals surface area contributed by atoms with Gasteiger partial charge in [-0.05, 0) is 0 Å². The van der Waals surface area contributed by atoms with Crippen LogP contribution in [0.3, 0.4) is 0 Å². The number of phosphoric acid groups is 1. The van der Waals surface area contributed by atoms with E-state index in [9.17, 15) is 0 Å². The molecule has 0 aliphatic rings. The Labute approximate surface area is 54.6 Å². The molecule has 6 heavy (non-hydrogen) atoms. The maximum atomic E-state index is 8.88. The van der Waals surface area contributed by atoms with E-state index in [0.29, 0.717) is 0 Å². The number of hydrogen-bond donors (Lipinski definition) is 3. The van der Waals surface area contributed by atoms with Crippen molar-refractivity contribution >= 4 is 7.82 Å². The van der Waals surface area contributed by atoms with Crippen molar-refractivity contribution in [1.82, 2.24) is 0 Å². The first kappa shape index (κ1) is 10.1. The molecule has 0 atom stereocenters. The molecule has 6 heteroatoms. The van der Waals surface area contributed by atoms with Crippen LogP contribution in [0.5, 0.6) is 0 Å². The third-order valence-corrected chi connectivity index (χ3v) is 0. The monoisotopic (exact) mass is 212 g/mol. The van der Waals surface area contributed by atoms with E-state index in [1.807, 2.05) is 0 Å². The predicted octanol–water partition coefficient (Wildman–Crippen LogP) is -0.931. The second-order valence-electron chi connectivity index (χ2n) is 0.513. The maximum absolute atomic E-state index is 8.88. The van der Waals surface area contributed by atoms with E-state index in [-0.39, 0.29) is 27.3 Å². The molecule has 0 fully saturated rings. The van der Waals surface area contributed by atoms with E-state index in [1.54, 1.807) is 0 Å². The van der Waals surface area contributed by atoms with E-state index >= 15 is 0 Å². The van der Waals surface area contributed by atoms with Gasteiger partial charge in [0.25, 0.3) is 0 Å². The van der Waals surface area contributed by atoms with Crippen molar-refractivity contribution in [3.8, 4) is 0 Å². The van der Waals surface area contributed by atoms with Crippen molar-refractivity contribution in [2.45, 2.75) is 0 Å². The number of hydrogen-bond acceptors (Lipinski definition) is 1. The van der Waals surface area contributed by atoms with E-state index < -0.39 is 7.82 Å². The second-order valence-corrected chi connectivity index (χ2v) is 1.54. The van der Waals surface area contributed by atoms with Gasteiger partial charge in [-0.15, -0.1) is 0 Å². The third-order valence-electron chi connectivity index (χ3n) is 0. The van der Waals surface area contributed by atoms with Gasteiger partial charge < -0.3 is 14.7 Å². The van der Waals surface area contributed by atoms with Crippen LogP contribution in [-0.2, 0) is 31.9 Å². The maximum Gasteiger partial charge on any atom is 0.466 e. The molecule has 0 rings (SSSR count). The van der Waals surface area contributed by atoms with Crippen LogP contribution in [0.1, 0.15) is 0 Å². The Balaban J connectivity index is 0. The molecule has 0 heterocycles. The van der Waals surface area contributed by atoms with Gasteiger partial charge in [-0.1, -0.05) is 0 Å². The summed E-state index contributed by atoms with van der Waals surface area (Å²) < 4.78 is 8.88. The Bertz CT molecular complexity index is 53.7. The Hall–Kier alpha value is 1.03. The third kappa shape index (κ3) is 76.8. The zero-order valence-electron chi connectivity index (χ0n) is 2.90. The fourth-order valence-corrected chi connectivity index (χ4v) is 0. The van der Waals surface area contributed by atoms with Crippen LogP contribution in [0.25, 0.3) is 0 Å². The van der Waals surface area contributed by atoms with Crippen molar-refractivity contribution < 1.29 is 46.5 Å². The molecule has 0 radical (unpaired) electrons. The molecule has 4 nitrogen and oxygen atoms in total. The van der Waals surface area contributed by atoms with Crippen molar-refractivity contribution in [3.05, 3.63) is 0 Å². The Morgan fingerprint density at radius 3 is 1.17 bits per heavy atom. The van der Waals surface area contributed by atoms with Crippen LogP contribution >= 0.6 is 7.82 Å². The topological polar surface area (TPSA) is 77.8 Å². The quantitative estimate of drug-likeness (QED) is 0.356. The summed E-state index contributed by atoms with van der Waals surface area (Å²) in [5, 5.41) is 0. The molecule has 0 saturated carbocycles. The molecule has 0 bridgehead atoms. The van der Waals surface area contributed by atoms with Crippen LogP contribution < -0.4 is 0 Å². The summed E-state index contributed by atoms with van der Waals surface area (Å²) in [6.07, 6.45) is 0. The summed E-state index contributed by atoms with van der Waals surface area (Å²) >= 11 is 0. The van der Waals surface area contributed by atoms with Crippen LogP contribution in [0.15, 0.2) is 0 Å². The van der Waals surface area contributed by atoms with Gasteiger partial charge >= 0.3 is 7.82 Å². The minimum absolute atomic E-state index is 0. The zero-order valence-corrected chi connectivity index (χ0v) is 7.83. The van der Waals surface area contributed by atoms with Crippen molar-refractivity contribution in [2.75, 3.05) is 0 Å². The second kappa shape index (κ2) is 3.09. The minimum atomic E-state index is -4.64. The van der Waals surface area contributed by atoms with E-state index in [1.165, 1.54) is 0 Å². The molecule has 0 amide bonds. The molecule has 34 valence electrons. The smallest absolute Gasteiger partial charge is 0.303 e. The normalized spacial score (nSPS) is 9.83. The Morgan fingerprint density at radius 2 is 1.17 bits per heavy atom. The van der Waals surface area contributed by atoms with Crippen LogP contribution in [0.2, 0.25) is 0 Å². The van der Waals surface area contributed by atoms with E-state index in [4.69, 9.17) is 19.2 Å². The van der Waals surface area contributed by atoms with Crippen molar-refractivity contribution in [2.24, 2.45) is 0 Å². The summed E-state index contributed by atoms with van der Waals surface area (Å²) in [5.41, 5.74) is 0. The van der Waals surface area contributed by atoms with E-state index in [0.717, 1.165) is 0 Å². The molecular weight excluding hydrogens is 207 g/mol. The molecule has 0 aromatic carbocycles. The van der Waals surface area contributed by atoms with E-state index in [2.05, 4.69) is 0 Å². The van der Waals surface area contributed by atoms with Gasteiger partial charge in [-0.3, -0.25) is 0 Å². The summed E-state index contributed by atoms with van der Waals surface area (Å²) in [6.45, 7) is 0. The average Bonchev–Trinajstić information content (AvgIpc) is 0.722. The largest absolute Gasteiger partial charge is 0.466 e. The molecule has 0 spiro atoms. The van der Waals surface area contributed by atoms with Crippen LogP contribution in [-0.4, -0.2) is 14.7 Å². The SMILES string of the molecule is O=P(O)(O)O.[Cd].